The van der Waals surface area contributed by atoms with Crippen molar-refractivity contribution in [2.24, 2.45) is 0 Å². The van der Waals surface area contributed by atoms with Crippen LogP contribution in [0.3, 0.4) is 0 Å². The molecule has 0 aliphatic heterocycles. The van der Waals surface area contributed by atoms with E-state index in [2.05, 4.69) is 4.89 Å². The Balaban J connectivity index is 2.86. The summed E-state index contributed by atoms with van der Waals surface area (Å²) in [5.74, 6) is -1.21. The summed E-state index contributed by atoms with van der Waals surface area (Å²) in [6, 6.07) is 6.98. The summed E-state index contributed by atoms with van der Waals surface area (Å²) in [4.78, 5) is 26.8. The molecule has 98 valence electrons. The van der Waals surface area contributed by atoms with Crippen molar-refractivity contribution in [1.82, 2.24) is 0 Å². The Kier molecular flexibility index (Phi) is 5.84. The fourth-order valence-corrected chi connectivity index (χ4v) is 2.56. The predicted molar refractivity (Wildman–Crippen MR) is 66.4 cm³/mol. The third kappa shape index (κ3) is 4.48. The van der Waals surface area contributed by atoms with Crippen LogP contribution in [0.1, 0.15) is 18.9 Å². The van der Waals surface area contributed by atoms with Crippen molar-refractivity contribution in [3.8, 4) is 0 Å². The standard InChI is InChI=1S/C12H14O5S/c1-8(13)6-11(12(14)15)18-10-5-3-2-4-9(10)7-17-16/h2-5,11,16H,6-7H2,1H3,(H,14,15). The molecule has 1 atom stereocenters. The van der Waals surface area contributed by atoms with E-state index in [1.807, 2.05) is 0 Å². The number of benzene rings is 1. The number of aliphatic carboxylic acids is 1. The first kappa shape index (κ1) is 14.7. The summed E-state index contributed by atoms with van der Waals surface area (Å²) in [5.41, 5.74) is 0.680. The first-order valence-corrected chi connectivity index (χ1v) is 6.15. The van der Waals surface area contributed by atoms with Crippen LogP contribution in [0.5, 0.6) is 0 Å². The number of hydrogen-bond donors (Lipinski definition) is 2. The van der Waals surface area contributed by atoms with Gasteiger partial charge in [0, 0.05) is 11.3 Å². The Morgan fingerprint density at radius 3 is 2.61 bits per heavy atom. The number of Topliss-reactive ketones (excluding diaryl/α,β-unsaturated/α-hetero) is 1. The van der Waals surface area contributed by atoms with Crippen LogP contribution in [0.25, 0.3) is 0 Å². The first-order chi connectivity index (χ1) is 8.54. The van der Waals surface area contributed by atoms with Gasteiger partial charge in [-0.15, -0.1) is 11.8 Å². The topological polar surface area (TPSA) is 83.8 Å². The van der Waals surface area contributed by atoms with Crippen molar-refractivity contribution in [3.05, 3.63) is 29.8 Å². The molecule has 0 fully saturated rings. The molecule has 0 spiro atoms. The van der Waals surface area contributed by atoms with E-state index in [1.54, 1.807) is 24.3 Å². The molecule has 6 heteroatoms. The molecule has 18 heavy (non-hydrogen) atoms. The Morgan fingerprint density at radius 2 is 2.06 bits per heavy atom. The molecule has 0 heterocycles. The van der Waals surface area contributed by atoms with Crippen LogP contribution in [0, 0.1) is 0 Å². The van der Waals surface area contributed by atoms with Crippen molar-refractivity contribution >= 4 is 23.5 Å². The second kappa shape index (κ2) is 7.15. The van der Waals surface area contributed by atoms with Gasteiger partial charge in [-0.3, -0.25) is 14.8 Å². The molecule has 1 unspecified atom stereocenters. The molecular weight excluding hydrogens is 256 g/mol. The number of hydrogen-bond acceptors (Lipinski definition) is 5. The zero-order chi connectivity index (χ0) is 13.5. The van der Waals surface area contributed by atoms with E-state index in [0.717, 1.165) is 11.8 Å². The first-order valence-electron chi connectivity index (χ1n) is 5.27. The monoisotopic (exact) mass is 270 g/mol. The summed E-state index contributed by atoms with van der Waals surface area (Å²) in [6.45, 7) is 1.34. The minimum atomic E-state index is -1.03. The molecule has 5 nitrogen and oxygen atoms in total. The fraction of sp³-hybridized carbons (Fsp3) is 0.333. The van der Waals surface area contributed by atoms with Gasteiger partial charge in [0.1, 0.15) is 17.6 Å². The second-order valence-corrected chi connectivity index (χ2v) is 4.98. The largest absolute Gasteiger partial charge is 0.480 e. The molecule has 0 bridgehead atoms. The van der Waals surface area contributed by atoms with E-state index in [1.165, 1.54) is 6.92 Å². The van der Waals surface area contributed by atoms with Gasteiger partial charge in [0.25, 0.3) is 0 Å². The lowest BCUT2D eigenvalue weighted by molar-refractivity contribution is -0.253. The fourth-order valence-electron chi connectivity index (χ4n) is 1.40. The van der Waals surface area contributed by atoms with E-state index in [9.17, 15) is 9.59 Å². The van der Waals surface area contributed by atoms with Gasteiger partial charge in [0.15, 0.2) is 0 Å². The van der Waals surface area contributed by atoms with Gasteiger partial charge in [0.05, 0.1) is 0 Å². The molecule has 0 amide bonds. The van der Waals surface area contributed by atoms with Gasteiger partial charge >= 0.3 is 5.97 Å². The van der Waals surface area contributed by atoms with Gasteiger partial charge in [0.2, 0.25) is 0 Å². The van der Waals surface area contributed by atoms with Crippen molar-refractivity contribution < 1.29 is 24.8 Å². The molecule has 2 N–H and O–H groups in total. The van der Waals surface area contributed by atoms with Crippen LogP contribution in [0.4, 0.5) is 0 Å². The van der Waals surface area contributed by atoms with Gasteiger partial charge in [-0.25, -0.2) is 4.89 Å². The zero-order valence-electron chi connectivity index (χ0n) is 9.83. The van der Waals surface area contributed by atoms with Crippen LogP contribution < -0.4 is 0 Å². The number of carbonyl (C=O) groups is 2. The zero-order valence-corrected chi connectivity index (χ0v) is 10.6. The molecule has 1 aromatic carbocycles. The third-order valence-corrected chi connectivity index (χ3v) is 3.52. The summed E-state index contributed by atoms with van der Waals surface area (Å²) >= 11 is 1.08. The highest BCUT2D eigenvalue weighted by molar-refractivity contribution is 8.00. The van der Waals surface area contributed by atoms with Crippen LogP contribution in [-0.2, 0) is 21.1 Å². The van der Waals surface area contributed by atoms with Crippen LogP contribution in [-0.4, -0.2) is 27.4 Å². The van der Waals surface area contributed by atoms with Gasteiger partial charge < -0.3 is 5.11 Å². The molecule has 1 aromatic rings. The maximum atomic E-state index is 11.1. The van der Waals surface area contributed by atoms with Gasteiger partial charge in [-0.1, -0.05) is 18.2 Å². The maximum absolute atomic E-state index is 11.1. The van der Waals surface area contributed by atoms with E-state index in [0.29, 0.717) is 10.5 Å². The second-order valence-electron chi connectivity index (χ2n) is 3.73. The Hall–Kier alpha value is -1.37. The smallest absolute Gasteiger partial charge is 0.317 e. The average Bonchev–Trinajstić information content (AvgIpc) is 2.30. The van der Waals surface area contributed by atoms with E-state index in [4.69, 9.17) is 10.4 Å². The minimum Gasteiger partial charge on any atom is -0.480 e. The van der Waals surface area contributed by atoms with Crippen molar-refractivity contribution in [1.29, 1.82) is 0 Å². The highest BCUT2D eigenvalue weighted by Crippen LogP contribution is 2.29. The number of carboxylic acid groups (broad SMARTS) is 1. The SMILES string of the molecule is CC(=O)CC(Sc1ccccc1COO)C(=O)O. The molecule has 0 saturated carbocycles. The molecule has 1 rings (SSSR count). The molecule has 0 radical (unpaired) electrons. The van der Waals surface area contributed by atoms with E-state index < -0.39 is 11.2 Å². The summed E-state index contributed by atoms with van der Waals surface area (Å²) in [6.07, 6.45) is -0.0334. The lowest BCUT2D eigenvalue weighted by atomic mass is 10.2. The Morgan fingerprint density at radius 1 is 1.39 bits per heavy atom. The quantitative estimate of drug-likeness (QED) is 0.449. The Bertz CT molecular complexity index is 432. The molecule has 0 aliphatic carbocycles. The predicted octanol–water partition coefficient (Wildman–Crippen LogP) is 2.20. The van der Waals surface area contributed by atoms with Gasteiger partial charge in [-0.05, 0) is 18.6 Å². The van der Waals surface area contributed by atoms with Gasteiger partial charge in [-0.2, -0.15) is 0 Å². The maximum Gasteiger partial charge on any atom is 0.317 e. The van der Waals surface area contributed by atoms with Crippen molar-refractivity contribution in [3.63, 3.8) is 0 Å². The number of thioether (sulfide) groups is 1. The van der Waals surface area contributed by atoms with Crippen molar-refractivity contribution in [2.45, 2.75) is 30.1 Å². The minimum absolute atomic E-state index is 0.0183. The number of ketones is 1. The normalized spacial score (nSPS) is 12.1. The molecule has 0 aliphatic rings. The molecular formula is C12H14O5S. The third-order valence-electron chi connectivity index (χ3n) is 2.21. The van der Waals surface area contributed by atoms with E-state index in [-0.39, 0.29) is 18.8 Å². The lowest BCUT2D eigenvalue weighted by Gasteiger charge is -2.13. The van der Waals surface area contributed by atoms with Crippen molar-refractivity contribution in [2.75, 3.05) is 0 Å². The van der Waals surface area contributed by atoms with Crippen LogP contribution in [0.2, 0.25) is 0 Å². The highest BCUT2D eigenvalue weighted by atomic mass is 32.2. The lowest BCUT2D eigenvalue weighted by Crippen LogP contribution is -2.19. The van der Waals surface area contributed by atoms with Crippen LogP contribution >= 0.6 is 11.8 Å². The summed E-state index contributed by atoms with van der Waals surface area (Å²) in [7, 11) is 0. The van der Waals surface area contributed by atoms with Crippen LogP contribution in [0.15, 0.2) is 29.2 Å². The molecule has 0 aromatic heterocycles. The summed E-state index contributed by atoms with van der Waals surface area (Å²) in [5, 5.41) is 16.7. The Labute approximate surface area is 109 Å². The molecule has 0 saturated heterocycles. The van der Waals surface area contributed by atoms with E-state index >= 15 is 0 Å². The number of carbonyl (C=O) groups excluding carboxylic acids is 1. The highest BCUT2D eigenvalue weighted by Gasteiger charge is 2.21. The average molecular weight is 270 g/mol. The number of rotatable bonds is 7. The summed E-state index contributed by atoms with van der Waals surface area (Å²) < 4.78 is 0. The number of carboxylic acids is 1.